The molecule has 0 aliphatic carbocycles. The maximum absolute atomic E-state index is 11.5. The lowest BCUT2D eigenvalue weighted by Gasteiger charge is -2.20. The Morgan fingerprint density at radius 1 is 1.29 bits per heavy atom. The first-order chi connectivity index (χ1) is 7.92. The number of benzene rings is 1. The van der Waals surface area contributed by atoms with E-state index in [1.807, 2.05) is 45.0 Å². The summed E-state index contributed by atoms with van der Waals surface area (Å²) < 4.78 is 5.15. The normalized spacial score (nSPS) is 11.1. The maximum atomic E-state index is 11.5. The zero-order valence-corrected chi connectivity index (χ0v) is 10.6. The molecule has 0 spiro atoms. The van der Waals surface area contributed by atoms with Crippen molar-refractivity contribution in [2.45, 2.75) is 39.5 Å². The number of ether oxygens (including phenoxy) is 1. The van der Waals surface area contributed by atoms with Gasteiger partial charge in [-0.05, 0) is 31.9 Å². The van der Waals surface area contributed by atoms with Crippen molar-refractivity contribution in [2.24, 2.45) is 5.73 Å². The van der Waals surface area contributed by atoms with Gasteiger partial charge in [-0.1, -0.05) is 24.3 Å². The average Bonchev–Trinajstić information content (AvgIpc) is 2.24. The lowest BCUT2D eigenvalue weighted by Crippen LogP contribution is -2.32. The predicted molar refractivity (Wildman–Crippen MR) is 67.4 cm³/mol. The fourth-order valence-corrected chi connectivity index (χ4v) is 1.41. The van der Waals surface area contributed by atoms with Gasteiger partial charge < -0.3 is 15.8 Å². The van der Waals surface area contributed by atoms with Crippen LogP contribution in [0.5, 0.6) is 0 Å². The van der Waals surface area contributed by atoms with Gasteiger partial charge in [0.1, 0.15) is 5.60 Å². The summed E-state index contributed by atoms with van der Waals surface area (Å²) in [7, 11) is 0. The molecule has 94 valence electrons. The van der Waals surface area contributed by atoms with Crippen LogP contribution in [-0.4, -0.2) is 11.7 Å². The van der Waals surface area contributed by atoms with Crippen LogP contribution in [0.2, 0.25) is 0 Å². The van der Waals surface area contributed by atoms with Crippen LogP contribution in [0.4, 0.5) is 4.79 Å². The van der Waals surface area contributed by atoms with E-state index in [4.69, 9.17) is 10.5 Å². The van der Waals surface area contributed by atoms with Gasteiger partial charge in [0.25, 0.3) is 0 Å². The molecule has 0 radical (unpaired) electrons. The van der Waals surface area contributed by atoms with Gasteiger partial charge in [-0.15, -0.1) is 0 Å². The molecule has 0 heterocycles. The Morgan fingerprint density at radius 2 is 1.88 bits per heavy atom. The number of nitrogens with one attached hydrogen (secondary N) is 1. The van der Waals surface area contributed by atoms with Gasteiger partial charge in [-0.3, -0.25) is 0 Å². The van der Waals surface area contributed by atoms with E-state index < -0.39 is 11.7 Å². The molecule has 0 saturated heterocycles. The van der Waals surface area contributed by atoms with Crippen molar-refractivity contribution < 1.29 is 9.53 Å². The number of hydrogen-bond acceptors (Lipinski definition) is 3. The summed E-state index contributed by atoms with van der Waals surface area (Å²) >= 11 is 0. The molecule has 17 heavy (non-hydrogen) atoms. The minimum absolute atomic E-state index is 0.413. The molecule has 1 aromatic carbocycles. The highest BCUT2D eigenvalue weighted by atomic mass is 16.6. The zero-order chi connectivity index (χ0) is 12.9. The zero-order valence-electron chi connectivity index (χ0n) is 10.6. The van der Waals surface area contributed by atoms with E-state index in [-0.39, 0.29) is 0 Å². The fourth-order valence-electron chi connectivity index (χ4n) is 1.41. The maximum Gasteiger partial charge on any atom is 0.407 e. The quantitative estimate of drug-likeness (QED) is 0.845. The Morgan fingerprint density at radius 3 is 2.41 bits per heavy atom. The molecule has 4 heteroatoms. The summed E-state index contributed by atoms with van der Waals surface area (Å²) in [6.45, 7) is 6.40. The van der Waals surface area contributed by atoms with Gasteiger partial charge in [0.05, 0.1) is 0 Å². The van der Waals surface area contributed by atoms with E-state index >= 15 is 0 Å². The third-order valence-corrected chi connectivity index (χ3v) is 2.16. The van der Waals surface area contributed by atoms with Gasteiger partial charge in [0.15, 0.2) is 0 Å². The van der Waals surface area contributed by atoms with E-state index in [0.717, 1.165) is 11.1 Å². The first-order valence-electron chi connectivity index (χ1n) is 5.66. The number of hydrogen-bond donors (Lipinski definition) is 2. The number of alkyl carbamates (subject to hydrolysis) is 1. The largest absolute Gasteiger partial charge is 0.444 e. The van der Waals surface area contributed by atoms with Gasteiger partial charge >= 0.3 is 6.09 Å². The van der Waals surface area contributed by atoms with Crippen molar-refractivity contribution in [3.8, 4) is 0 Å². The van der Waals surface area contributed by atoms with Crippen molar-refractivity contribution in [2.75, 3.05) is 0 Å². The number of rotatable bonds is 3. The monoisotopic (exact) mass is 236 g/mol. The first-order valence-corrected chi connectivity index (χ1v) is 5.66. The lowest BCUT2D eigenvalue weighted by atomic mass is 10.1. The van der Waals surface area contributed by atoms with Crippen LogP contribution < -0.4 is 11.1 Å². The van der Waals surface area contributed by atoms with Crippen LogP contribution in [0.3, 0.4) is 0 Å². The van der Waals surface area contributed by atoms with Gasteiger partial charge in [-0.2, -0.15) is 0 Å². The Balaban J connectivity index is 2.53. The molecule has 0 saturated carbocycles. The highest BCUT2D eigenvalue weighted by Crippen LogP contribution is 2.09. The van der Waals surface area contributed by atoms with Crippen molar-refractivity contribution in [3.63, 3.8) is 0 Å². The highest BCUT2D eigenvalue weighted by Gasteiger charge is 2.15. The van der Waals surface area contributed by atoms with E-state index in [0.29, 0.717) is 13.1 Å². The minimum Gasteiger partial charge on any atom is -0.444 e. The molecule has 0 unspecified atom stereocenters. The Bertz CT molecular complexity index is 383. The summed E-state index contributed by atoms with van der Waals surface area (Å²) in [5.74, 6) is 0. The molecule has 1 amide bonds. The van der Waals surface area contributed by atoms with E-state index in [2.05, 4.69) is 5.32 Å². The average molecular weight is 236 g/mol. The third kappa shape index (κ3) is 4.87. The predicted octanol–water partition coefficient (Wildman–Crippen LogP) is 2.17. The molecule has 1 aromatic rings. The molecule has 3 N–H and O–H groups in total. The molecule has 0 bridgehead atoms. The van der Waals surface area contributed by atoms with Gasteiger partial charge in [0, 0.05) is 13.1 Å². The highest BCUT2D eigenvalue weighted by molar-refractivity contribution is 5.67. The van der Waals surface area contributed by atoms with Crippen molar-refractivity contribution >= 4 is 6.09 Å². The topological polar surface area (TPSA) is 64.3 Å². The SMILES string of the molecule is CC(C)(C)OC(=O)NCc1ccccc1CN. The molecular formula is C13H20N2O2. The molecule has 1 rings (SSSR count). The van der Waals surface area contributed by atoms with Crippen LogP contribution in [0.15, 0.2) is 24.3 Å². The molecule has 0 aromatic heterocycles. The Kier molecular flexibility index (Phi) is 4.52. The second-order valence-electron chi connectivity index (χ2n) is 4.83. The molecule has 0 fully saturated rings. The van der Waals surface area contributed by atoms with Gasteiger partial charge in [-0.25, -0.2) is 4.79 Å². The van der Waals surface area contributed by atoms with Crippen molar-refractivity contribution in [1.29, 1.82) is 0 Å². The molecule has 0 aliphatic rings. The summed E-state index contributed by atoms with van der Waals surface area (Å²) in [6.07, 6.45) is -0.413. The second-order valence-corrected chi connectivity index (χ2v) is 4.83. The van der Waals surface area contributed by atoms with Crippen LogP contribution in [0.25, 0.3) is 0 Å². The van der Waals surface area contributed by atoms with Crippen LogP contribution in [0.1, 0.15) is 31.9 Å². The standard InChI is InChI=1S/C13H20N2O2/c1-13(2,3)17-12(16)15-9-11-7-5-4-6-10(11)8-14/h4-7H,8-9,14H2,1-3H3,(H,15,16). The Hall–Kier alpha value is -1.55. The summed E-state index contributed by atoms with van der Waals surface area (Å²) in [4.78, 5) is 11.5. The van der Waals surface area contributed by atoms with Crippen molar-refractivity contribution in [3.05, 3.63) is 35.4 Å². The second kappa shape index (κ2) is 5.68. The summed E-state index contributed by atoms with van der Waals surface area (Å²) in [5.41, 5.74) is 7.19. The molecule has 0 atom stereocenters. The number of amides is 1. The smallest absolute Gasteiger partial charge is 0.407 e. The number of nitrogens with two attached hydrogens (primary N) is 1. The molecule has 0 aliphatic heterocycles. The third-order valence-electron chi connectivity index (χ3n) is 2.16. The van der Waals surface area contributed by atoms with Crippen LogP contribution in [-0.2, 0) is 17.8 Å². The minimum atomic E-state index is -0.475. The Labute approximate surface area is 102 Å². The van der Waals surface area contributed by atoms with E-state index in [9.17, 15) is 4.79 Å². The summed E-state index contributed by atoms with van der Waals surface area (Å²) in [5, 5.41) is 2.71. The van der Waals surface area contributed by atoms with Crippen LogP contribution in [0, 0.1) is 0 Å². The van der Waals surface area contributed by atoms with E-state index in [1.165, 1.54) is 0 Å². The molecule has 4 nitrogen and oxygen atoms in total. The van der Waals surface area contributed by atoms with Gasteiger partial charge in [0.2, 0.25) is 0 Å². The number of carbonyl (C=O) groups excluding carboxylic acids is 1. The van der Waals surface area contributed by atoms with Crippen molar-refractivity contribution in [1.82, 2.24) is 5.32 Å². The fraction of sp³-hybridized carbons (Fsp3) is 0.462. The lowest BCUT2D eigenvalue weighted by molar-refractivity contribution is 0.0523. The van der Waals surface area contributed by atoms with Crippen LogP contribution >= 0.6 is 0 Å². The molecular weight excluding hydrogens is 216 g/mol. The van der Waals surface area contributed by atoms with E-state index in [1.54, 1.807) is 0 Å². The first kappa shape index (κ1) is 13.5. The summed E-state index contributed by atoms with van der Waals surface area (Å²) in [6, 6.07) is 7.75. The number of carbonyl (C=O) groups is 1.